The van der Waals surface area contributed by atoms with E-state index in [2.05, 4.69) is 4.37 Å². The molecule has 1 aliphatic rings. The first kappa shape index (κ1) is 17.0. The third-order valence-corrected chi connectivity index (χ3v) is 4.79. The summed E-state index contributed by atoms with van der Waals surface area (Å²) < 4.78 is 9.22. The molecule has 0 aliphatic carbocycles. The Hall–Kier alpha value is -1.34. The number of carbonyl (C=O) groups is 2. The number of rotatable bonds is 6. The summed E-state index contributed by atoms with van der Waals surface area (Å²) >= 11 is 7.06. The quantitative estimate of drug-likeness (QED) is 0.737. The van der Waals surface area contributed by atoms with E-state index in [-0.39, 0.29) is 23.7 Å². The minimum absolute atomic E-state index is 0.00278. The van der Waals surface area contributed by atoms with Crippen LogP contribution in [-0.2, 0) is 16.1 Å². The zero-order valence-corrected chi connectivity index (χ0v) is 14.3. The summed E-state index contributed by atoms with van der Waals surface area (Å²) in [5, 5.41) is 0. The highest BCUT2D eigenvalue weighted by Gasteiger charge is 2.31. The number of aromatic nitrogens is 1. The second-order valence-electron chi connectivity index (χ2n) is 5.12. The van der Waals surface area contributed by atoms with Crippen molar-refractivity contribution in [3.63, 3.8) is 0 Å². The lowest BCUT2D eigenvalue weighted by Gasteiger charge is -2.38. The zero-order valence-electron chi connectivity index (χ0n) is 12.7. The third kappa shape index (κ3) is 3.89. The number of carbonyl (C=O) groups excluding carboxylic acids is 2. The predicted molar refractivity (Wildman–Crippen MR) is 85.2 cm³/mol. The molecule has 6 nitrogen and oxygen atoms in total. The zero-order chi connectivity index (χ0) is 16.1. The van der Waals surface area contributed by atoms with Crippen LogP contribution in [0.25, 0.3) is 0 Å². The molecule has 2 heterocycles. The first-order valence-corrected chi connectivity index (χ1v) is 8.52. The smallest absolute Gasteiger partial charge is 0.238 e. The Morgan fingerprint density at radius 1 is 1.64 bits per heavy atom. The van der Waals surface area contributed by atoms with Crippen molar-refractivity contribution < 1.29 is 14.3 Å². The van der Waals surface area contributed by atoms with Crippen molar-refractivity contribution in [2.24, 2.45) is 0 Å². The monoisotopic (exact) mass is 345 g/mol. The van der Waals surface area contributed by atoms with Crippen LogP contribution in [0.2, 0.25) is 0 Å². The van der Waals surface area contributed by atoms with E-state index in [0.717, 1.165) is 4.88 Å². The van der Waals surface area contributed by atoms with E-state index < -0.39 is 0 Å². The van der Waals surface area contributed by atoms with Gasteiger partial charge in [0.25, 0.3) is 0 Å². The Morgan fingerprint density at radius 3 is 3.00 bits per heavy atom. The highest BCUT2D eigenvalue weighted by atomic mass is 35.5. The number of hydrogen-bond donors (Lipinski definition) is 0. The highest BCUT2D eigenvalue weighted by molar-refractivity contribution is 7.05. The lowest BCUT2D eigenvalue weighted by atomic mass is 10.0. The molecule has 1 atom stereocenters. The third-order valence-electron chi connectivity index (χ3n) is 3.81. The van der Waals surface area contributed by atoms with E-state index in [1.54, 1.807) is 16.9 Å². The number of ether oxygens (including phenoxy) is 1. The Bertz CT molecular complexity index is 537. The van der Waals surface area contributed by atoms with Gasteiger partial charge in [-0.3, -0.25) is 9.59 Å². The fourth-order valence-electron chi connectivity index (χ4n) is 2.59. The molecule has 2 rings (SSSR count). The van der Waals surface area contributed by atoms with Gasteiger partial charge in [-0.1, -0.05) is 0 Å². The SMILES string of the molecule is CCN1CC(N(Cc2cc(OC)ns2)C(=O)CCl)CCC1=O. The second kappa shape index (κ2) is 7.78. The molecule has 0 bridgehead atoms. The molecule has 1 fully saturated rings. The number of hydrogen-bond acceptors (Lipinski definition) is 5. The van der Waals surface area contributed by atoms with Crippen molar-refractivity contribution in [2.75, 3.05) is 26.1 Å². The van der Waals surface area contributed by atoms with Gasteiger partial charge in [0.05, 0.1) is 19.7 Å². The molecule has 22 heavy (non-hydrogen) atoms. The fraction of sp³-hybridized carbons (Fsp3) is 0.643. The molecular weight excluding hydrogens is 326 g/mol. The van der Waals surface area contributed by atoms with Gasteiger partial charge in [0.15, 0.2) is 0 Å². The number of amides is 2. The van der Waals surface area contributed by atoms with Gasteiger partial charge in [-0.2, -0.15) is 4.37 Å². The summed E-state index contributed by atoms with van der Waals surface area (Å²) in [6, 6.07) is 1.82. The topological polar surface area (TPSA) is 62.7 Å². The van der Waals surface area contributed by atoms with E-state index in [1.807, 2.05) is 13.0 Å². The van der Waals surface area contributed by atoms with E-state index in [4.69, 9.17) is 16.3 Å². The number of piperidine rings is 1. The summed E-state index contributed by atoms with van der Waals surface area (Å²) in [5.74, 6) is 0.514. The first-order chi connectivity index (χ1) is 10.6. The maximum atomic E-state index is 12.2. The van der Waals surface area contributed by atoms with Crippen molar-refractivity contribution in [1.29, 1.82) is 0 Å². The van der Waals surface area contributed by atoms with E-state index >= 15 is 0 Å². The molecule has 0 spiro atoms. The number of nitrogens with zero attached hydrogens (tertiary/aromatic N) is 3. The van der Waals surface area contributed by atoms with Gasteiger partial charge < -0.3 is 14.5 Å². The molecule has 1 saturated heterocycles. The van der Waals surface area contributed by atoms with Gasteiger partial charge in [0, 0.05) is 30.5 Å². The van der Waals surface area contributed by atoms with Gasteiger partial charge in [0.2, 0.25) is 17.7 Å². The van der Waals surface area contributed by atoms with Crippen LogP contribution in [0.5, 0.6) is 5.88 Å². The van der Waals surface area contributed by atoms with Crippen LogP contribution >= 0.6 is 23.1 Å². The van der Waals surface area contributed by atoms with Crippen LogP contribution in [0.4, 0.5) is 0 Å². The Balaban J connectivity index is 2.12. The molecule has 0 saturated carbocycles. The van der Waals surface area contributed by atoms with Crippen LogP contribution < -0.4 is 4.74 Å². The predicted octanol–water partition coefficient (Wildman–Crippen LogP) is 1.73. The number of alkyl halides is 1. The Morgan fingerprint density at radius 2 is 2.41 bits per heavy atom. The average molecular weight is 346 g/mol. The summed E-state index contributed by atoms with van der Waals surface area (Å²) in [5.41, 5.74) is 0. The molecule has 1 unspecified atom stereocenters. The normalized spacial score (nSPS) is 18.4. The fourth-order valence-corrected chi connectivity index (χ4v) is 3.42. The molecule has 8 heteroatoms. The summed E-state index contributed by atoms with van der Waals surface area (Å²) in [6.07, 6.45) is 1.14. The largest absolute Gasteiger partial charge is 0.480 e. The molecule has 1 aliphatic heterocycles. The van der Waals surface area contributed by atoms with Gasteiger partial charge in [0.1, 0.15) is 5.88 Å². The minimum Gasteiger partial charge on any atom is -0.480 e. The van der Waals surface area contributed by atoms with Gasteiger partial charge in [-0.05, 0) is 24.9 Å². The van der Waals surface area contributed by atoms with E-state index in [9.17, 15) is 9.59 Å². The van der Waals surface area contributed by atoms with Crippen LogP contribution in [0.3, 0.4) is 0 Å². The molecule has 0 N–H and O–H groups in total. The molecule has 0 radical (unpaired) electrons. The summed E-state index contributed by atoms with van der Waals surface area (Å²) in [4.78, 5) is 28.5. The first-order valence-electron chi connectivity index (χ1n) is 7.21. The Labute approximate surface area is 139 Å². The van der Waals surface area contributed by atoms with Gasteiger partial charge in [-0.25, -0.2) is 0 Å². The van der Waals surface area contributed by atoms with Crippen LogP contribution in [0.15, 0.2) is 6.07 Å². The standard InChI is InChI=1S/C14H20ClN3O3S/c1-3-17-8-10(4-5-13(17)19)18(14(20)7-15)9-11-6-12(21-2)16-22-11/h6,10H,3-5,7-9H2,1-2H3. The Kier molecular flexibility index (Phi) is 6.02. The van der Waals surface area contributed by atoms with Crippen molar-refractivity contribution in [3.05, 3.63) is 10.9 Å². The van der Waals surface area contributed by atoms with Crippen molar-refractivity contribution in [1.82, 2.24) is 14.2 Å². The van der Waals surface area contributed by atoms with Gasteiger partial charge >= 0.3 is 0 Å². The van der Waals surface area contributed by atoms with E-state index in [0.29, 0.717) is 38.4 Å². The van der Waals surface area contributed by atoms with E-state index in [1.165, 1.54) is 11.5 Å². The van der Waals surface area contributed by atoms with Crippen molar-refractivity contribution >= 4 is 34.9 Å². The maximum Gasteiger partial charge on any atom is 0.238 e. The van der Waals surface area contributed by atoms with Crippen molar-refractivity contribution in [2.45, 2.75) is 32.4 Å². The molecule has 1 aromatic rings. The minimum atomic E-state index is -0.121. The number of likely N-dealkylation sites (tertiary alicyclic amines) is 1. The molecular formula is C14H20ClN3O3S. The molecule has 2 amide bonds. The molecule has 122 valence electrons. The lowest BCUT2D eigenvalue weighted by molar-refractivity contribution is -0.141. The van der Waals surface area contributed by atoms with Crippen LogP contribution in [-0.4, -0.2) is 58.1 Å². The number of likely N-dealkylation sites (N-methyl/N-ethyl adjacent to an activating group) is 1. The number of methoxy groups -OCH3 is 1. The molecule has 0 aromatic carbocycles. The highest BCUT2D eigenvalue weighted by Crippen LogP contribution is 2.23. The summed E-state index contributed by atoms with van der Waals surface area (Å²) in [6.45, 7) is 3.62. The lowest BCUT2D eigenvalue weighted by Crippen LogP contribution is -2.51. The number of halogens is 1. The average Bonchev–Trinajstić information content (AvgIpc) is 3.00. The summed E-state index contributed by atoms with van der Waals surface area (Å²) in [7, 11) is 1.56. The maximum absolute atomic E-state index is 12.2. The van der Waals surface area contributed by atoms with Crippen LogP contribution in [0.1, 0.15) is 24.6 Å². The van der Waals surface area contributed by atoms with Crippen LogP contribution in [0, 0.1) is 0 Å². The second-order valence-corrected chi connectivity index (χ2v) is 6.27. The van der Waals surface area contributed by atoms with Gasteiger partial charge in [-0.15, -0.1) is 11.6 Å². The van der Waals surface area contributed by atoms with Crippen molar-refractivity contribution in [3.8, 4) is 5.88 Å². The molecule has 1 aromatic heterocycles.